The molecule has 1 aliphatic rings. The second kappa shape index (κ2) is 5.23. The van der Waals surface area contributed by atoms with Gasteiger partial charge in [0.05, 0.1) is 6.61 Å². The number of benzene rings is 1. The van der Waals surface area contributed by atoms with Crippen molar-refractivity contribution in [2.45, 2.75) is 25.6 Å². The van der Waals surface area contributed by atoms with Crippen molar-refractivity contribution in [3.05, 3.63) is 35.9 Å². The van der Waals surface area contributed by atoms with Crippen molar-refractivity contribution in [1.29, 1.82) is 0 Å². The molecular formula is C13H17NO2. The molecule has 1 fully saturated rings. The Morgan fingerprint density at radius 3 is 2.88 bits per heavy atom. The number of ether oxygens (including phenoxy) is 1. The van der Waals surface area contributed by atoms with Gasteiger partial charge in [-0.15, -0.1) is 0 Å². The monoisotopic (exact) mass is 219 g/mol. The second-order valence-electron chi connectivity index (χ2n) is 4.27. The van der Waals surface area contributed by atoms with Crippen molar-refractivity contribution in [1.82, 2.24) is 4.90 Å². The van der Waals surface area contributed by atoms with E-state index in [0.717, 1.165) is 12.8 Å². The number of nitrogens with zero attached hydrogens (tertiary/aromatic N) is 1. The number of carbonyl (C=O) groups excluding carboxylic acids is 1. The quantitative estimate of drug-likeness (QED) is 0.721. The third kappa shape index (κ3) is 2.68. The Bertz CT molecular complexity index is 339. The van der Waals surface area contributed by atoms with Gasteiger partial charge in [0.15, 0.2) is 0 Å². The maximum Gasteiger partial charge on any atom is 0.150 e. The Kier molecular flexibility index (Phi) is 3.70. The molecule has 0 aromatic heterocycles. The fraction of sp³-hybridized carbons (Fsp3) is 0.462. The van der Waals surface area contributed by atoms with Crippen molar-refractivity contribution < 1.29 is 9.53 Å². The summed E-state index contributed by atoms with van der Waals surface area (Å²) in [7, 11) is 0. The van der Waals surface area contributed by atoms with E-state index in [0.29, 0.717) is 19.2 Å². The largest absolute Gasteiger partial charge is 0.368 e. The van der Waals surface area contributed by atoms with Gasteiger partial charge in [-0.05, 0) is 12.5 Å². The minimum atomic E-state index is -0.264. The van der Waals surface area contributed by atoms with Gasteiger partial charge in [0.1, 0.15) is 12.4 Å². The molecule has 3 nitrogen and oxygen atoms in total. The van der Waals surface area contributed by atoms with Crippen LogP contribution in [0.25, 0.3) is 0 Å². The van der Waals surface area contributed by atoms with Crippen LogP contribution in [0.1, 0.15) is 12.5 Å². The van der Waals surface area contributed by atoms with Crippen LogP contribution in [-0.4, -0.2) is 36.5 Å². The predicted molar refractivity (Wildman–Crippen MR) is 62.1 cm³/mol. The van der Waals surface area contributed by atoms with Gasteiger partial charge in [-0.2, -0.15) is 0 Å². The standard InChI is InChI=1S/C13H17NO2/c1-11-10-16-13(9-15)8-14(11)7-12-5-3-2-4-6-12/h2-6,9,11,13H,7-8,10H2,1H3. The predicted octanol–water partition coefficient (Wildman–Crippen LogP) is 1.47. The van der Waals surface area contributed by atoms with Crippen LogP contribution in [0.2, 0.25) is 0 Å². The zero-order chi connectivity index (χ0) is 11.4. The lowest BCUT2D eigenvalue weighted by Crippen LogP contribution is -2.48. The molecular weight excluding hydrogens is 202 g/mol. The van der Waals surface area contributed by atoms with E-state index in [2.05, 4.69) is 24.0 Å². The zero-order valence-electron chi connectivity index (χ0n) is 9.50. The number of rotatable bonds is 3. The van der Waals surface area contributed by atoms with Crippen molar-refractivity contribution in [3.63, 3.8) is 0 Å². The maximum atomic E-state index is 10.7. The highest BCUT2D eigenvalue weighted by atomic mass is 16.5. The number of morpholine rings is 1. The smallest absolute Gasteiger partial charge is 0.150 e. The molecule has 1 aromatic rings. The Morgan fingerprint density at radius 2 is 2.19 bits per heavy atom. The Morgan fingerprint density at radius 1 is 1.44 bits per heavy atom. The van der Waals surface area contributed by atoms with Crippen LogP contribution < -0.4 is 0 Å². The summed E-state index contributed by atoms with van der Waals surface area (Å²) in [5, 5.41) is 0. The Labute approximate surface area is 96.0 Å². The average Bonchev–Trinajstić information content (AvgIpc) is 2.33. The molecule has 16 heavy (non-hydrogen) atoms. The number of hydrogen-bond donors (Lipinski definition) is 0. The summed E-state index contributed by atoms with van der Waals surface area (Å²) in [6.07, 6.45) is 0.629. The van der Waals surface area contributed by atoms with Crippen molar-refractivity contribution in [2.75, 3.05) is 13.2 Å². The molecule has 2 unspecified atom stereocenters. The highest BCUT2D eigenvalue weighted by Crippen LogP contribution is 2.14. The summed E-state index contributed by atoms with van der Waals surface area (Å²) in [6, 6.07) is 10.7. The topological polar surface area (TPSA) is 29.5 Å². The third-order valence-electron chi connectivity index (χ3n) is 2.97. The minimum Gasteiger partial charge on any atom is -0.368 e. The van der Waals surface area contributed by atoms with Crippen LogP contribution in [0.4, 0.5) is 0 Å². The summed E-state index contributed by atoms with van der Waals surface area (Å²) in [5.74, 6) is 0. The molecule has 86 valence electrons. The van der Waals surface area contributed by atoms with E-state index in [1.165, 1.54) is 5.56 Å². The Balaban J connectivity index is 1.99. The summed E-state index contributed by atoms with van der Waals surface area (Å²) in [4.78, 5) is 13.0. The van der Waals surface area contributed by atoms with E-state index < -0.39 is 0 Å². The first-order chi connectivity index (χ1) is 7.79. The molecule has 0 bridgehead atoms. The summed E-state index contributed by atoms with van der Waals surface area (Å²) in [5.41, 5.74) is 1.28. The first kappa shape index (κ1) is 11.3. The molecule has 0 N–H and O–H groups in total. The molecule has 1 aromatic carbocycles. The summed E-state index contributed by atoms with van der Waals surface area (Å²) in [6.45, 7) is 4.34. The Hall–Kier alpha value is -1.19. The van der Waals surface area contributed by atoms with Gasteiger partial charge in [-0.3, -0.25) is 4.90 Å². The van der Waals surface area contributed by atoms with Gasteiger partial charge in [0.25, 0.3) is 0 Å². The number of hydrogen-bond acceptors (Lipinski definition) is 3. The van der Waals surface area contributed by atoms with Crippen molar-refractivity contribution in [2.24, 2.45) is 0 Å². The normalized spacial score (nSPS) is 26.6. The lowest BCUT2D eigenvalue weighted by atomic mass is 10.1. The van der Waals surface area contributed by atoms with Gasteiger partial charge in [0.2, 0.25) is 0 Å². The third-order valence-corrected chi connectivity index (χ3v) is 2.97. The molecule has 0 saturated carbocycles. The van der Waals surface area contributed by atoms with E-state index in [-0.39, 0.29) is 6.10 Å². The lowest BCUT2D eigenvalue weighted by Gasteiger charge is -2.36. The van der Waals surface area contributed by atoms with Crippen LogP contribution in [0.5, 0.6) is 0 Å². The second-order valence-corrected chi connectivity index (χ2v) is 4.27. The molecule has 0 amide bonds. The molecule has 1 aliphatic heterocycles. The van der Waals surface area contributed by atoms with Gasteiger partial charge < -0.3 is 9.53 Å². The average molecular weight is 219 g/mol. The van der Waals surface area contributed by atoms with E-state index in [9.17, 15) is 4.79 Å². The van der Waals surface area contributed by atoms with Gasteiger partial charge >= 0.3 is 0 Å². The van der Waals surface area contributed by atoms with E-state index >= 15 is 0 Å². The fourth-order valence-corrected chi connectivity index (χ4v) is 1.95. The molecule has 2 atom stereocenters. The molecule has 3 heteroatoms. The van der Waals surface area contributed by atoms with Crippen LogP contribution in [-0.2, 0) is 16.1 Å². The summed E-state index contributed by atoms with van der Waals surface area (Å²) >= 11 is 0. The fourth-order valence-electron chi connectivity index (χ4n) is 1.95. The first-order valence-electron chi connectivity index (χ1n) is 5.64. The maximum absolute atomic E-state index is 10.7. The van der Waals surface area contributed by atoms with Crippen LogP contribution >= 0.6 is 0 Å². The van der Waals surface area contributed by atoms with Gasteiger partial charge in [-0.25, -0.2) is 0 Å². The van der Waals surface area contributed by atoms with Gasteiger partial charge in [-0.1, -0.05) is 30.3 Å². The van der Waals surface area contributed by atoms with Crippen LogP contribution in [0.3, 0.4) is 0 Å². The summed E-state index contributed by atoms with van der Waals surface area (Å²) < 4.78 is 5.40. The molecule has 2 rings (SSSR count). The molecule has 0 spiro atoms. The van der Waals surface area contributed by atoms with Crippen LogP contribution in [0.15, 0.2) is 30.3 Å². The van der Waals surface area contributed by atoms with E-state index in [1.54, 1.807) is 0 Å². The number of aldehydes is 1. The zero-order valence-corrected chi connectivity index (χ0v) is 9.50. The highest BCUT2D eigenvalue weighted by Gasteiger charge is 2.25. The lowest BCUT2D eigenvalue weighted by molar-refractivity contribution is -0.127. The van der Waals surface area contributed by atoms with E-state index in [4.69, 9.17) is 4.74 Å². The minimum absolute atomic E-state index is 0.264. The number of carbonyl (C=O) groups is 1. The molecule has 1 heterocycles. The first-order valence-corrected chi connectivity index (χ1v) is 5.64. The van der Waals surface area contributed by atoms with Crippen molar-refractivity contribution >= 4 is 6.29 Å². The van der Waals surface area contributed by atoms with Crippen molar-refractivity contribution in [3.8, 4) is 0 Å². The van der Waals surface area contributed by atoms with Gasteiger partial charge in [0, 0.05) is 19.1 Å². The molecule has 1 saturated heterocycles. The SMILES string of the molecule is CC1COC(C=O)CN1Cc1ccccc1. The highest BCUT2D eigenvalue weighted by molar-refractivity contribution is 5.56. The molecule has 0 aliphatic carbocycles. The molecule has 0 radical (unpaired) electrons. The van der Waals surface area contributed by atoms with E-state index in [1.807, 2.05) is 18.2 Å². The van der Waals surface area contributed by atoms with Crippen LogP contribution in [0, 0.1) is 0 Å².